The number of sulfonamides is 1. The minimum atomic E-state index is -4.76. The molecule has 0 spiro atoms. The average Bonchev–Trinajstić information content (AvgIpc) is 3.25. The van der Waals surface area contributed by atoms with Gasteiger partial charge in [0, 0.05) is 25.0 Å². The van der Waals surface area contributed by atoms with Crippen LogP contribution in [0.25, 0.3) is 0 Å². The highest BCUT2D eigenvalue weighted by Gasteiger charge is 2.40. The predicted molar refractivity (Wildman–Crippen MR) is 121 cm³/mol. The summed E-state index contributed by atoms with van der Waals surface area (Å²) in [5.41, 5.74) is 5.26. The molecule has 11 heteroatoms. The Labute approximate surface area is 198 Å². The minimum absolute atomic E-state index is 0.00720. The smallest absolute Gasteiger partial charge is 0.339 e. The summed E-state index contributed by atoms with van der Waals surface area (Å²) in [6.07, 6.45) is 3.92. The highest BCUT2D eigenvalue weighted by Crippen LogP contribution is 2.36. The van der Waals surface area contributed by atoms with E-state index in [-0.39, 0.29) is 43.9 Å². The van der Waals surface area contributed by atoms with Crippen molar-refractivity contribution in [2.75, 3.05) is 13.1 Å². The van der Waals surface area contributed by atoms with Crippen molar-refractivity contribution in [1.82, 2.24) is 20.5 Å². The van der Waals surface area contributed by atoms with Crippen molar-refractivity contribution in [3.63, 3.8) is 0 Å². The quantitative estimate of drug-likeness (QED) is 0.555. The lowest BCUT2D eigenvalue weighted by Gasteiger charge is -2.31. The largest absolute Gasteiger partial charge is 0.417 e. The van der Waals surface area contributed by atoms with E-state index in [0.29, 0.717) is 6.04 Å². The molecule has 7 nitrogen and oxygen atoms in total. The number of halogens is 3. The molecule has 4 rings (SSSR count). The first-order chi connectivity index (χ1) is 16.1. The maximum atomic E-state index is 13.3. The maximum Gasteiger partial charge on any atom is 0.417 e. The van der Waals surface area contributed by atoms with Crippen LogP contribution in [0.1, 0.15) is 63.4 Å². The summed E-state index contributed by atoms with van der Waals surface area (Å²) in [4.78, 5) is 12.0. The topological polar surface area (TPSA) is 90.5 Å². The van der Waals surface area contributed by atoms with Crippen molar-refractivity contribution in [1.29, 1.82) is 0 Å². The van der Waals surface area contributed by atoms with Crippen LogP contribution >= 0.6 is 0 Å². The fraction of sp³-hybridized carbons (Fsp3) is 0.696. The molecule has 190 valence electrons. The fourth-order valence-corrected chi connectivity index (χ4v) is 7.09. The third kappa shape index (κ3) is 5.92. The van der Waals surface area contributed by atoms with Crippen molar-refractivity contribution >= 4 is 15.9 Å². The Bertz CT molecular complexity index is 958. The van der Waals surface area contributed by atoms with Crippen molar-refractivity contribution in [3.8, 4) is 0 Å². The molecule has 2 heterocycles. The van der Waals surface area contributed by atoms with Crippen LogP contribution in [0.2, 0.25) is 0 Å². The minimum Gasteiger partial charge on any atom is -0.339 e. The maximum absolute atomic E-state index is 13.3. The van der Waals surface area contributed by atoms with Crippen LogP contribution < -0.4 is 16.2 Å². The van der Waals surface area contributed by atoms with Crippen LogP contribution in [0.3, 0.4) is 0 Å². The molecule has 2 unspecified atom stereocenters. The molecule has 1 amide bonds. The molecule has 1 saturated carbocycles. The van der Waals surface area contributed by atoms with Gasteiger partial charge in [-0.1, -0.05) is 44.2 Å². The zero-order valence-electron chi connectivity index (χ0n) is 19.1. The number of alkyl halides is 3. The van der Waals surface area contributed by atoms with Gasteiger partial charge in [-0.05, 0) is 43.7 Å². The molecular formula is C23H33F3N4O3S. The number of hydrogen-bond donors (Lipinski definition) is 3. The molecule has 2 atom stereocenters. The lowest BCUT2D eigenvalue weighted by molar-refractivity contribution is -0.139. The zero-order chi connectivity index (χ0) is 24.3. The van der Waals surface area contributed by atoms with Crippen molar-refractivity contribution in [2.45, 2.75) is 81.1 Å². The molecule has 34 heavy (non-hydrogen) atoms. The lowest BCUT2D eigenvalue weighted by atomic mass is 9.84. The zero-order valence-corrected chi connectivity index (χ0v) is 19.9. The number of nitrogens with zero attached hydrogens (tertiary/aromatic N) is 1. The summed E-state index contributed by atoms with van der Waals surface area (Å²) in [5, 5.41) is 3.00. The number of benzene rings is 1. The number of carbonyl (C=O) groups is 1. The summed E-state index contributed by atoms with van der Waals surface area (Å²) < 4.78 is 66.8. The average molecular weight is 503 g/mol. The highest BCUT2D eigenvalue weighted by atomic mass is 32.2. The second-order valence-electron chi connectivity index (χ2n) is 9.69. The molecule has 0 radical (unpaired) electrons. The van der Waals surface area contributed by atoms with E-state index in [1.807, 2.05) is 0 Å². The van der Waals surface area contributed by atoms with Gasteiger partial charge in [-0.15, -0.1) is 0 Å². The normalized spacial score (nSPS) is 26.0. The second-order valence-corrected chi connectivity index (χ2v) is 11.6. The fourth-order valence-electron chi connectivity index (χ4n) is 5.41. The Morgan fingerprint density at radius 3 is 2.38 bits per heavy atom. The van der Waals surface area contributed by atoms with E-state index >= 15 is 0 Å². The molecule has 1 aromatic carbocycles. The van der Waals surface area contributed by atoms with Crippen molar-refractivity contribution in [2.24, 2.45) is 11.8 Å². The number of piperidine rings is 1. The molecule has 2 saturated heterocycles. The SMILES string of the molecule is O=C(NC1CC(CC2CCCCC2)NN1)C1CCN(S(=O)(=O)c2ccccc2C(F)(F)F)CC1. The van der Waals surface area contributed by atoms with E-state index in [0.717, 1.165) is 35.2 Å². The van der Waals surface area contributed by atoms with E-state index < -0.39 is 26.7 Å². The van der Waals surface area contributed by atoms with Crippen LogP contribution in [0.15, 0.2) is 29.2 Å². The first-order valence-electron chi connectivity index (χ1n) is 12.1. The Morgan fingerprint density at radius 1 is 1.03 bits per heavy atom. The summed E-state index contributed by atoms with van der Waals surface area (Å²) in [7, 11) is -4.31. The third-order valence-corrected chi connectivity index (χ3v) is 9.23. The van der Waals surface area contributed by atoms with Gasteiger partial charge >= 0.3 is 6.18 Å². The second kappa shape index (κ2) is 10.5. The monoisotopic (exact) mass is 502 g/mol. The van der Waals surface area contributed by atoms with Gasteiger partial charge in [-0.25, -0.2) is 13.8 Å². The van der Waals surface area contributed by atoms with Crippen LogP contribution in [0.4, 0.5) is 13.2 Å². The van der Waals surface area contributed by atoms with Gasteiger partial charge in [0.2, 0.25) is 15.9 Å². The Kier molecular flexibility index (Phi) is 7.85. The first-order valence-corrected chi connectivity index (χ1v) is 13.6. The van der Waals surface area contributed by atoms with E-state index in [2.05, 4.69) is 16.2 Å². The molecule has 0 bridgehead atoms. The van der Waals surface area contributed by atoms with Crippen LogP contribution in [0.5, 0.6) is 0 Å². The number of hydrogen-bond acceptors (Lipinski definition) is 5. The molecule has 2 aliphatic heterocycles. The molecule has 3 aliphatic rings. The summed E-state index contributed by atoms with van der Waals surface area (Å²) in [5.74, 6) is 0.213. The number of hydrazine groups is 1. The van der Waals surface area contributed by atoms with Crippen LogP contribution in [0, 0.1) is 11.8 Å². The first kappa shape index (κ1) is 25.4. The molecular weight excluding hydrogens is 469 g/mol. The van der Waals surface area contributed by atoms with Crippen LogP contribution in [-0.4, -0.2) is 43.9 Å². The van der Waals surface area contributed by atoms with Gasteiger partial charge in [0.1, 0.15) is 0 Å². The third-order valence-electron chi connectivity index (χ3n) is 7.28. The van der Waals surface area contributed by atoms with Gasteiger partial charge in [0.15, 0.2) is 0 Å². The number of amides is 1. The van der Waals surface area contributed by atoms with E-state index in [4.69, 9.17) is 0 Å². The van der Waals surface area contributed by atoms with Crippen molar-refractivity contribution < 1.29 is 26.4 Å². The Balaban J connectivity index is 1.28. The summed E-state index contributed by atoms with van der Waals surface area (Å²) in [6.45, 7) is 0.0144. The molecule has 1 aliphatic carbocycles. The molecule has 0 aromatic heterocycles. The Hall–Kier alpha value is -1.69. The lowest BCUT2D eigenvalue weighted by Crippen LogP contribution is -2.49. The van der Waals surface area contributed by atoms with Gasteiger partial charge in [0.05, 0.1) is 16.6 Å². The molecule has 1 aromatic rings. The number of nitrogens with one attached hydrogen (secondary N) is 3. The summed E-state index contributed by atoms with van der Waals surface area (Å²) >= 11 is 0. The molecule has 3 fully saturated rings. The molecule has 3 N–H and O–H groups in total. The highest BCUT2D eigenvalue weighted by molar-refractivity contribution is 7.89. The van der Waals surface area contributed by atoms with E-state index in [1.165, 1.54) is 44.2 Å². The standard InChI is InChI=1S/C23H33F3N4O3S/c24-23(25,26)19-8-4-5-9-20(19)34(32,33)30-12-10-17(11-13-30)22(31)27-21-15-18(28-29-21)14-16-6-2-1-3-7-16/h4-5,8-9,16-18,21,28-29H,1-3,6-7,10-15H2,(H,27,31). The van der Waals surface area contributed by atoms with Gasteiger partial charge in [-0.2, -0.15) is 17.5 Å². The van der Waals surface area contributed by atoms with Gasteiger partial charge in [-0.3, -0.25) is 10.2 Å². The number of carbonyl (C=O) groups excluding carboxylic acids is 1. The summed E-state index contributed by atoms with van der Waals surface area (Å²) in [6, 6.07) is 4.53. The van der Waals surface area contributed by atoms with Gasteiger partial charge in [0.25, 0.3) is 0 Å². The van der Waals surface area contributed by atoms with E-state index in [1.54, 1.807) is 0 Å². The van der Waals surface area contributed by atoms with Crippen LogP contribution in [-0.2, 0) is 21.0 Å². The predicted octanol–water partition coefficient (Wildman–Crippen LogP) is 3.39. The van der Waals surface area contributed by atoms with Crippen molar-refractivity contribution in [3.05, 3.63) is 29.8 Å². The van der Waals surface area contributed by atoms with E-state index in [9.17, 15) is 26.4 Å². The Morgan fingerprint density at radius 2 is 1.71 bits per heavy atom. The van der Waals surface area contributed by atoms with Gasteiger partial charge < -0.3 is 5.32 Å². The number of rotatable bonds is 6.